The van der Waals surface area contributed by atoms with Crippen LogP contribution in [0.2, 0.25) is 0 Å². The number of hydrogen-bond donors (Lipinski definition) is 2. The zero-order valence-electron chi connectivity index (χ0n) is 10.2. The second-order valence-electron chi connectivity index (χ2n) is 3.91. The van der Waals surface area contributed by atoms with Crippen LogP contribution in [0.1, 0.15) is 20.7 Å². The normalized spacial score (nSPS) is 10.1. The molecule has 2 rings (SSSR count). The molecule has 3 N–H and O–H groups in total. The Bertz CT molecular complexity index is 667. The van der Waals surface area contributed by atoms with Gasteiger partial charge in [-0.15, -0.1) is 0 Å². The summed E-state index contributed by atoms with van der Waals surface area (Å²) in [5.41, 5.74) is 5.07. The molecule has 0 aliphatic heterocycles. The molecular weight excluding hydrogens is 265 g/mol. The van der Waals surface area contributed by atoms with Crippen LogP contribution in [0.3, 0.4) is 0 Å². The molecule has 0 heterocycles. The summed E-state index contributed by atoms with van der Waals surface area (Å²) in [4.78, 5) is 21.9. The van der Waals surface area contributed by atoms with Crippen LogP contribution in [0.5, 0.6) is 11.5 Å². The number of ether oxygens (including phenoxy) is 1. The van der Waals surface area contributed by atoms with E-state index in [0.717, 1.165) is 6.07 Å². The van der Waals surface area contributed by atoms with Crippen molar-refractivity contribution < 1.29 is 23.8 Å². The second kappa shape index (κ2) is 5.40. The highest BCUT2D eigenvalue weighted by Crippen LogP contribution is 2.28. The average molecular weight is 275 g/mol. The molecule has 0 atom stereocenters. The van der Waals surface area contributed by atoms with Crippen molar-refractivity contribution >= 4 is 11.9 Å². The number of hydrogen-bond acceptors (Lipinski definition) is 3. The van der Waals surface area contributed by atoms with E-state index in [2.05, 4.69) is 0 Å². The number of halogens is 1. The molecule has 6 heteroatoms. The van der Waals surface area contributed by atoms with E-state index in [9.17, 15) is 14.0 Å². The van der Waals surface area contributed by atoms with E-state index in [4.69, 9.17) is 15.6 Å². The summed E-state index contributed by atoms with van der Waals surface area (Å²) in [7, 11) is 0. The zero-order valence-corrected chi connectivity index (χ0v) is 10.2. The van der Waals surface area contributed by atoms with Gasteiger partial charge in [0.05, 0.1) is 0 Å². The number of carbonyl (C=O) groups excluding carboxylic acids is 1. The van der Waals surface area contributed by atoms with Crippen LogP contribution in [-0.4, -0.2) is 17.0 Å². The fraction of sp³-hybridized carbons (Fsp3) is 0. The van der Waals surface area contributed by atoms with Gasteiger partial charge in [-0.2, -0.15) is 0 Å². The summed E-state index contributed by atoms with van der Waals surface area (Å²) in [6, 6.07) is 9.22. The van der Waals surface area contributed by atoms with Crippen LogP contribution in [0.4, 0.5) is 4.39 Å². The molecule has 5 nitrogen and oxygen atoms in total. The topological polar surface area (TPSA) is 89.6 Å². The maximum absolute atomic E-state index is 13.6. The highest BCUT2D eigenvalue weighted by atomic mass is 19.1. The number of amides is 1. The van der Waals surface area contributed by atoms with Gasteiger partial charge in [0, 0.05) is 5.56 Å². The molecule has 0 saturated heterocycles. The van der Waals surface area contributed by atoms with Gasteiger partial charge < -0.3 is 15.6 Å². The summed E-state index contributed by atoms with van der Waals surface area (Å²) in [6.45, 7) is 0. The first kappa shape index (κ1) is 13.5. The van der Waals surface area contributed by atoms with E-state index in [1.165, 1.54) is 36.4 Å². The molecule has 0 spiro atoms. The van der Waals surface area contributed by atoms with Crippen LogP contribution in [0, 0.1) is 5.82 Å². The summed E-state index contributed by atoms with van der Waals surface area (Å²) >= 11 is 0. The molecule has 0 aliphatic carbocycles. The van der Waals surface area contributed by atoms with Gasteiger partial charge in [0.25, 0.3) is 0 Å². The number of primary amides is 1. The fourth-order valence-corrected chi connectivity index (χ4v) is 1.59. The number of para-hydroxylation sites is 1. The van der Waals surface area contributed by atoms with Gasteiger partial charge >= 0.3 is 5.97 Å². The van der Waals surface area contributed by atoms with Gasteiger partial charge in [0.2, 0.25) is 5.91 Å². The third-order valence-corrected chi connectivity index (χ3v) is 2.56. The van der Waals surface area contributed by atoms with Crippen molar-refractivity contribution in [1.82, 2.24) is 0 Å². The lowest BCUT2D eigenvalue weighted by molar-refractivity contribution is 0.0693. The van der Waals surface area contributed by atoms with E-state index in [1.54, 1.807) is 0 Å². The SMILES string of the molecule is NC(=O)c1ccc(Oc2c(F)cccc2C(=O)O)cc1. The van der Waals surface area contributed by atoms with E-state index < -0.39 is 17.7 Å². The minimum absolute atomic E-state index is 0.197. The Morgan fingerprint density at radius 2 is 1.75 bits per heavy atom. The summed E-state index contributed by atoms with van der Waals surface area (Å²) < 4.78 is 18.9. The predicted molar refractivity (Wildman–Crippen MR) is 68.4 cm³/mol. The highest BCUT2D eigenvalue weighted by Gasteiger charge is 2.16. The van der Waals surface area contributed by atoms with Gasteiger partial charge in [-0.25, -0.2) is 9.18 Å². The molecular formula is C14H10FNO4. The molecule has 2 aromatic rings. The molecule has 0 saturated carbocycles. The van der Waals surface area contributed by atoms with Gasteiger partial charge in [0.15, 0.2) is 11.6 Å². The number of rotatable bonds is 4. The van der Waals surface area contributed by atoms with Gasteiger partial charge in [-0.05, 0) is 36.4 Å². The Balaban J connectivity index is 2.34. The minimum atomic E-state index is -1.30. The maximum Gasteiger partial charge on any atom is 0.339 e. The van der Waals surface area contributed by atoms with Crippen LogP contribution in [0.25, 0.3) is 0 Å². The lowest BCUT2D eigenvalue weighted by Gasteiger charge is -2.09. The average Bonchev–Trinajstić information content (AvgIpc) is 2.41. The Hall–Kier alpha value is -2.89. The van der Waals surface area contributed by atoms with Crippen molar-refractivity contribution in [3.05, 3.63) is 59.4 Å². The number of carboxylic acids is 1. The van der Waals surface area contributed by atoms with Crippen molar-refractivity contribution in [2.24, 2.45) is 5.73 Å². The van der Waals surface area contributed by atoms with Crippen LogP contribution in [-0.2, 0) is 0 Å². The highest BCUT2D eigenvalue weighted by molar-refractivity contribution is 5.93. The van der Waals surface area contributed by atoms with Crippen molar-refractivity contribution in [2.75, 3.05) is 0 Å². The first-order valence-corrected chi connectivity index (χ1v) is 5.58. The number of benzene rings is 2. The molecule has 0 aliphatic rings. The van der Waals surface area contributed by atoms with Crippen LogP contribution in [0.15, 0.2) is 42.5 Å². The smallest absolute Gasteiger partial charge is 0.339 e. The first-order valence-electron chi connectivity index (χ1n) is 5.58. The van der Waals surface area contributed by atoms with Crippen LogP contribution >= 0.6 is 0 Å². The Kier molecular flexibility index (Phi) is 3.65. The standard InChI is InChI=1S/C14H10FNO4/c15-11-3-1-2-10(14(18)19)12(11)20-9-6-4-8(5-7-9)13(16)17/h1-7H,(H2,16,17)(H,18,19). The number of carboxylic acid groups (broad SMARTS) is 1. The quantitative estimate of drug-likeness (QED) is 0.896. The molecule has 0 radical (unpaired) electrons. The van der Waals surface area contributed by atoms with E-state index >= 15 is 0 Å². The molecule has 20 heavy (non-hydrogen) atoms. The van der Waals surface area contributed by atoms with Gasteiger partial charge in [-0.1, -0.05) is 6.07 Å². The Morgan fingerprint density at radius 3 is 2.30 bits per heavy atom. The van der Waals surface area contributed by atoms with Crippen molar-refractivity contribution in [1.29, 1.82) is 0 Å². The molecule has 0 bridgehead atoms. The maximum atomic E-state index is 13.6. The summed E-state index contributed by atoms with van der Waals surface area (Å²) in [5, 5.41) is 8.98. The summed E-state index contributed by atoms with van der Waals surface area (Å²) in [5.74, 6) is -2.87. The van der Waals surface area contributed by atoms with Crippen LogP contribution < -0.4 is 10.5 Å². The number of aromatic carboxylic acids is 1. The van der Waals surface area contributed by atoms with E-state index in [1.807, 2.05) is 0 Å². The zero-order chi connectivity index (χ0) is 14.7. The van der Waals surface area contributed by atoms with Crippen molar-refractivity contribution in [3.8, 4) is 11.5 Å². The lowest BCUT2D eigenvalue weighted by atomic mass is 10.2. The molecule has 0 aromatic heterocycles. The molecule has 2 aromatic carbocycles. The van der Waals surface area contributed by atoms with Crippen molar-refractivity contribution in [3.63, 3.8) is 0 Å². The number of nitrogens with two attached hydrogens (primary N) is 1. The van der Waals surface area contributed by atoms with E-state index in [0.29, 0.717) is 0 Å². The molecule has 0 unspecified atom stereocenters. The monoisotopic (exact) mass is 275 g/mol. The van der Waals surface area contributed by atoms with Gasteiger partial charge in [0.1, 0.15) is 11.3 Å². The molecule has 102 valence electrons. The largest absolute Gasteiger partial charge is 0.478 e. The predicted octanol–water partition coefficient (Wildman–Crippen LogP) is 2.42. The van der Waals surface area contributed by atoms with Crippen molar-refractivity contribution in [2.45, 2.75) is 0 Å². The Morgan fingerprint density at radius 1 is 1.10 bits per heavy atom. The molecule has 1 amide bonds. The lowest BCUT2D eigenvalue weighted by Crippen LogP contribution is -2.10. The summed E-state index contributed by atoms with van der Waals surface area (Å²) in [6.07, 6.45) is 0. The second-order valence-corrected chi connectivity index (χ2v) is 3.91. The third kappa shape index (κ3) is 2.74. The number of carbonyl (C=O) groups is 2. The third-order valence-electron chi connectivity index (χ3n) is 2.56. The molecule has 0 fully saturated rings. The first-order chi connectivity index (χ1) is 9.49. The van der Waals surface area contributed by atoms with Gasteiger partial charge in [-0.3, -0.25) is 4.79 Å². The van der Waals surface area contributed by atoms with E-state index in [-0.39, 0.29) is 22.6 Å². The Labute approximate surface area is 113 Å². The minimum Gasteiger partial charge on any atom is -0.478 e. The fourth-order valence-electron chi connectivity index (χ4n) is 1.59.